The van der Waals surface area contributed by atoms with Gasteiger partial charge in [0.05, 0.1) is 5.56 Å². The number of pyridine rings is 1. The molecule has 0 spiro atoms. The third kappa shape index (κ3) is 2.95. The summed E-state index contributed by atoms with van der Waals surface area (Å²) >= 11 is 0. The van der Waals surface area contributed by atoms with Gasteiger partial charge in [0.1, 0.15) is 11.6 Å². The van der Waals surface area contributed by atoms with E-state index in [-0.39, 0.29) is 5.91 Å². The molecule has 1 saturated heterocycles. The Kier molecular flexibility index (Phi) is 4.09. The minimum atomic E-state index is 0.0501. The smallest absolute Gasteiger partial charge is 0.255 e. The molecule has 1 N–H and O–H groups in total. The molecular formula is C16H21N5O. The summed E-state index contributed by atoms with van der Waals surface area (Å²) in [5.41, 5.74) is 0.644. The van der Waals surface area contributed by atoms with E-state index in [2.05, 4.69) is 15.0 Å². The number of anilines is 1. The highest BCUT2D eigenvalue weighted by molar-refractivity contribution is 5.94. The summed E-state index contributed by atoms with van der Waals surface area (Å²) in [6, 6.07) is 3.72. The molecule has 116 valence electrons. The third-order valence-corrected chi connectivity index (χ3v) is 4.07. The summed E-state index contributed by atoms with van der Waals surface area (Å²) in [7, 11) is 3.87. The predicted molar refractivity (Wildman–Crippen MR) is 85.0 cm³/mol. The number of nitrogens with zero attached hydrogens (tertiary/aromatic N) is 4. The summed E-state index contributed by atoms with van der Waals surface area (Å²) in [5, 5.41) is 0. The van der Waals surface area contributed by atoms with E-state index in [0.717, 1.165) is 31.0 Å². The third-order valence-electron chi connectivity index (χ3n) is 4.07. The van der Waals surface area contributed by atoms with Crippen molar-refractivity contribution < 1.29 is 4.79 Å². The Morgan fingerprint density at radius 2 is 2.23 bits per heavy atom. The van der Waals surface area contributed by atoms with E-state index in [9.17, 15) is 4.79 Å². The number of hydrogen-bond donors (Lipinski definition) is 1. The van der Waals surface area contributed by atoms with E-state index < -0.39 is 0 Å². The summed E-state index contributed by atoms with van der Waals surface area (Å²) in [5.74, 6) is 2.16. The second-order valence-corrected chi connectivity index (χ2v) is 5.86. The van der Waals surface area contributed by atoms with Crippen LogP contribution in [0.3, 0.4) is 0 Å². The van der Waals surface area contributed by atoms with Gasteiger partial charge in [-0.2, -0.15) is 0 Å². The first kappa shape index (κ1) is 14.6. The molecule has 1 aliphatic heterocycles. The first-order valence-electron chi connectivity index (χ1n) is 7.57. The first-order valence-corrected chi connectivity index (χ1v) is 7.57. The lowest BCUT2D eigenvalue weighted by Crippen LogP contribution is -2.39. The van der Waals surface area contributed by atoms with Crippen molar-refractivity contribution >= 4 is 11.7 Å². The Labute approximate surface area is 130 Å². The lowest BCUT2D eigenvalue weighted by molar-refractivity contribution is 0.0704. The zero-order chi connectivity index (χ0) is 15.5. The van der Waals surface area contributed by atoms with Gasteiger partial charge in [-0.05, 0) is 25.0 Å². The molecule has 0 bridgehead atoms. The number of imidazole rings is 1. The Bertz CT molecular complexity index is 620. The van der Waals surface area contributed by atoms with E-state index in [0.29, 0.717) is 18.0 Å². The second kappa shape index (κ2) is 6.17. The zero-order valence-corrected chi connectivity index (χ0v) is 13.0. The Balaban J connectivity index is 1.71. The van der Waals surface area contributed by atoms with Gasteiger partial charge in [0.15, 0.2) is 0 Å². The average Bonchev–Trinajstić information content (AvgIpc) is 3.09. The van der Waals surface area contributed by atoms with Crippen molar-refractivity contribution in [3.05, 3.63) is 42.1 Å². The summed E-state index contributed by atoms with van der Waals surface area (Å²) in [4.78, 5) is 28.3. The molecule has 0 radical (unpaired) electrons. The van der Waals surface area contributed by atoms with E-state index in [1.165, 1.54) is 0 Å². The molecule has 22 heavy (non-hydrogen) atoms. The molecule has 1 aliphatic rings. The summed E-state index contributed by atoms with van der Waals surface area (Å²) in [6.45, 7) is 1.51. The van der Waals surface area contributed by atoms with Crippen LogP contribution in [0.4, 0.5) is 5.82 Å². The standard InChI is InChI=1S/C16H21N5O/c1-20(2)14-6-5-12(10-19-14)16(22)21-9-3-4-13(11-21)15-17-7-8-18-15/h5-8,10,13H,3-4,9,11H2,1-2H3,(H,17,18)/t13-/m0/s1. The van der Waals surface area contributed by atoms with Crippen LogP contribution in [-0.4, -0.2) is 52.9 Å². The first-order chi connectivity index (χ1) is 10.6. The molecule has 0 aliphatic carbocycles. The van der Waals surface area contributed by atoms with E-state index >= 15 is 0 Å². The van der Waals surface area contributed by atoms with Gasteiger partial charge in [0.2, 0.25) is 0 Å². The average molecular weight is 299 g/mol. The molecule has 1 atom stereocenters. The van der Waals surface area contributed by atoms with Crippen molar-refractivity contribution in [1.82, 2.24) is 19.9 Å². The van der Waals surface area contributed by atoms with E-state index in [1.807, 2.05) is 42.2 Å². The maximum absolute atomic E-state index is 12.6. The van der Waals surface area contributed by atoms with Gasteiger partial charge in [-0.3, -0.25) is 4.79 Å². The summed E-state index contributed by atoms with van der Waals surface area (Å²) < 4.78 is 0. The van der Waals surface area contributed by atoms with Crippen LogP contribution in [0.15, 0.2) is 30.7 Å². The van der Waals surface area contributed by atoms with Crippen molar-refractivity contribution in [3.8, 4) is 0 Å². The van der Waals surface area contributed by atoms with Gasteiger partial charge in [-0.15, -0.1) is 0 Å². The number of rotatable bonds is 3. The number of H-pyrrole nitrogens is 1. The van der Waals surface area contributed by atoms with Crippen LogP contribution in [0.1, 0.15) is 34.9 Å². The van der Waals surface area contributed by atoms with Crippen LogP contribution in [0.25, 0.3) is 0 Å². The fraction of sp³-hybridized carbons (Fsp3) is 0.438. The van der Waals surface area contributed by atoms with Crippen molar-refractivity contribution in [2.75, 3.05) is 32.1 Å². The molecule has 2 aromatic rings. The Hall–Kier alpha value is -2.37. The second-order valence-electron chi connectivity index (χ2n) is 5.86. The predicted octanol–water partition coefficient (Wildman–Crippen LogP) is 1.89. The highest BCUT2D eigenvalue weighted by Crippen LogP contribution is 2.25. The van der Waals surface area contributed by atoms with Crippen molar-refractivity contribution in [2.24, 2.45) is 0 Å². The highest BCUT2D eigenvalue weighted by Gasteiger charge is 2.26. The van der Waals surface area contributed by atoms with Crippen molar-refractivity contribution in [1.29, 1.82) is 0 Å². The Morgan fingerprint density at radius 1 is 1.36 bits per heavy atom. The van der Waals surface area contributed by atoms with Crippen LogP contribution >= 0.6 is 0 Å². The lowest BCUT2D eigenvalue weighted by Gasteiger charge is -2.32. The largest absolute Gasteiger partial charge is 0.363 e. The molecule has 1 fully saturated rings. The number of piperidine rings is 1. The molecule has 0 aromatic carbocycles. The zero-order valence-electron chi connectivity index (χ0n) is 13.0. The van der Waals surface area contributed by atoms with Crippen LogP contribution in [0.2, 0.25) is 0 Å². The van der Waals surface area contributed by atoms with Crippen LogP contribution in [-0.2, 0) is 0 Å². The fourth-order valence-corrected chi connectivity index (χ4v) is 2.85. The number of amides is 1. The molecule has 6 nitrogen and oxygen atoms in total. The molecular weight excluding hydrogens is 278 g/mol. The monoisotopic (exact) mass is 299 g/mol. The molecule has 3 heterocycles. The number of hydrogen-bond acceptors (Lipinski definition) is 4. The number of likely N-dealkylation sites (tertiary alicyclic amines) is 1. The number of carbonyl (C=O) groups is 1. The molecule has 1 amide bonds. The molecule has 3 rings (SSSR count). The minimum Gasteiger partial charge on any atom is -0.363 e. The maximum Gasteiger partial charge on any atom is 0.255 e. The fourth-order valence-electron chi connectivity index (χ4n) is 2.85. The van der Waals surface area contributed by atoms with E-state index in [1.54, 1.807) is 12.4 Å². The quantitative estimate of drug-likeness (QED) is 0.940. The molecule has 2 aromatic heterocycles. The number of nitrogens with one attached hydrogen (secondary N) is 1. The van der Waals surface area contributed by atoms with Gasteiger partial charge in [-0.25, -0.2) is 9.97 Å². The topological polar surface area (TPSA) is 65.1 Å². The maximum atomic E-state index is 12.6. The van der Waals surface area contributed by atoms with E-state index in [4.69, 9.17) is 0 Å². The van der Waals surface area contributed by atoms with Crippen molar-refractivity contribution in [2.45, 2.75) is 18.8 Å². The van der Waals surface area contributed by atoms with Gasteiger partial charge in [-0.1, -0.05) is 0 Å². The number of carbonyl (C=O) groups excluding carboxylic acids is 1. The number of aromatic nitrogens is 3. The normalized spacial score (nSPS) is 18.3. The van der Waals surface area contributed by atoms with Gasteiger partial charge >= 0.3 is 0 Å². The van der Waals surface area contributed by atoms with Crippen molar-refractivity contribution in [3.63, 3.8) is 0 Å². The minimum absolute atomic E-state index is 0.0501. The van der Waals surface area contributed by atoms with Crippen LogP contribution in [0, 0.1) is 0 Å². The molecule has 6 heteroatoms. The Morgan fingerprint density at radius 3 is 2.86 bits per heavy atom. The van der Waals surface area contributed by atoms with Gasteiger partial charge in [0.25, 0.3) is 5.91 Å². The van der Waals surface area contributed by atoms with Crippen LogP contribution in [0.5, 0.6) is 0 Å². The van der Waals surface area contributed by atoms with Crippen LogP contribution < -0.4 is 4.90 Å². The molecule has 0 unspecified atom stereocenters. The summed E-state index contributed by atoms with van der Waals surface area (Å²) in [6.07, 6.45) is 7.32. The van der Waals surface area contributed by atoms with Gasteiger partial charge in [0, 0.05) is 51.7 Å². The lowest BCUT2D eigenvalue weighted by atomic mass is 9.97. The SMILES string of the molecule is CN(C)c1ccc(C(=O)N2CCC[C@H](c3ncc[nH]3)C2)cn1. The number of aromatic amines is 1. The molecule has 0 saturated carbocycles. The van der Waals surface area contributed by atoms with Gasteiger partial charge < -0.3 is 14.8 Å². The highest BCUT2D eigenvalue weighted by atomic mass is 16.2.